The van der Waals surface area contributed by atoms with E-state index in [-0.39, 0.29) is 11.2 Å². The highest BCUT2D eigenvalue weighted by Gasteiger charge is 2.49. The van der Waals surface area contributed by atoms with Crippen LogP contribution in [0.4, 0.5) is 13.2 Å². The van der Waals surface area contributed by atoms with Crippen molar-refractivity contribution < 1.29 is 18.0 Å². The average molecular weight is 453 g/mol. The van der Waals surface area contributed by atoms with E-state index < -0.39 is 24.0 Å². The fourth-order valence-electron chi connectivity index (χ4n) is 3.65. The number of hydrogen-bond acceptors (Lipinski definition) is 6. The molecule has 1 saturated carbocycles. The maximum atomic E-state index is 13.4. The smallest absolute Gasteiger partial charge is 0.340 e. The number of rotatable bonds is 5. The minimum Gasteiger partial charge on any atom is -0.340 e. The summed E-state index contributed by atoms with van der Waals surface area (Å²) in [4.78, 5) is 30.2. The number of hydrogen-bond donors (Lipinski definition) is 1. The van der Waals surface area contributed by atoms with Gasteiger partial charge in [-0.25, -0.2) is 24.5 Å². The Bertz CT molecular complexity index is 1330. The zero-order valence-corrected chi connectivity index (χ0v) is 17.4. The summed E-state index contributed by atoms with van der Waals surface area (Å²) in [7, 11) is 0. The molecule has 0 spiro atoms. The second-order valence-corrected chi connectivity index (χ2v) is 7.89. The fraction of sp³-hybridized carbons (Fsp3) is 0.273. The summed E-state index contributed by atoms with van der Waals surface area (Å²) in [5.41, 5.74) is 2.26. The van der Waals surface area contributed by atoms with Gasteiger partial charge >= 0.3 is 6.18 Å². The second kappa shape index (κ2) is 7.91. The van der Waals surface area contributed by atoms with Crippen LogP contribution in [0.1, 0.15) is 28.9 Å². The molecule has 1 atom stereocenters. The highest BCUT2D eigenvalue weighted by molar-refractivity contribution is 6.00. The van der Waals surface area contributed by atoms with Gasteiger partial charge in [-0.3, -0.25) is 4.79 Å². The molecule has 33 heavy (non-hydrogen) atoms. The predicted octanol–water partition coefficient (Wildman–Crippen LogP) is 3.63. The number of alkyl halides is 3. The minimum absolute atomic E-state index is 0.0302. The van der Waals surface area contributed by atoms with Crippen molar-refractivity contribution in [3.63, 3.8) is 0 Å². The van der Waals surface area contributed by atoms with E-state index in [1.54, 1.807) is 49.6 Å². The summed E-state index contributed by atoms with van der Waals surface area (Å²) in [5.74, 6) is -1.00. The Hall–Kier alpha value is -3.89. The number of carbonyl (C=O) groups excluding carboxylic acids is 1. The van der Waals surface area contributed by atoms with Crippen LogP contribution in [-0.2, 0) is 0 Å². The molecule has 0 bridgehead atoms. The van der Waals surface area contributed by atoms with E-state index in [0.717, 1.165) is 0 Å². The van der Waals surface area contributed by atoms with E-state index in [9.17, 15) is 18.0 Å². The number of aromatic nitrogens is 6. The van der Waals surface area contributed by atoms with Gasteiger partial charge in [-0.05, 0) is 49.9 Å². The highest BCUT2D eigenvalue weighted by Crippen LogP contribution is 2.40. The first-order chi connectivity index (χ1) is 15.8. The zero-order chi connectivity index (χ0) is 23.2. The van der Waals surface area contributed by atoms with E-state index >= 15 is 0 Å². The number of nitrogens with zero attached hydrogens (tertiary/aromatic N) is 6. The molecule has 11 heteroatoms. The molecule has 4 heterocycles. The van der Waals surface area contributed by atoms with E-state index in [4.69, 9.17) is 0 Å². The van der Waals surface area contributed by atoms with Gasteiger partial charge in [0.25, 0.3) is 5.91 Å². The summed E-state index contributed by atoms with van der Waals surface area (Å²) < 4.78 is 41.6. The molecule has 1 aliphatic carbocycles. The Morgan fingerprint density at radius 1 is 1.09 bits per heavy atom. The Kier molecular flexibility index (Phi) is 5.03. The van der Waals surface area contributed by atoms with Crippen LogP contribution < -0.4 is 5.32 Å². The second-order valence-electron chi connectivity index (χ2n) is 7.89. The van der Waals surface area contributed by atoms with E-state index in [1.165, 1.54) is 10.7 Å². The zero-order valence-electron chi connectivity index (χ0n) is 17.4. The lowest BCUT2D eigenvalue weighted by molar-refractivity contribution is -0.158. The first kappa shape index (κ1) is 21.0. The van der Waals surface area contributed by atoms with Crippen LogP contribution in [0, 0.1) is 12.8 Å². The Morgan fingerprint density at radius 2 is 1.82 bits per heavy atom. The maximum absolute atomic E-state index is 13.4. The Labute approximate surface area is 185 Å². The van der Waals surface area contributed by atoms with Gasteiger partial charge in [0.2, 0.25) is 0 Å². The molecular formula is C22H18F3N7O. The first-order valence-corrected chi connectivity index (χ1v) is 10.3. The molecule has 1 aliphatic rings. The number of carbonyl (C=O) groups is 1. The molecule has 0 radical (unpaired) electrons. The number of halogens is 3. The number of pyridine rings is 1. The van der Waals surface area contributed by atoms with E-state index in [0.29, 0.717) is 41.4 Å². The third-order valence-corrected chi connectivity index (χ3v) is 5.43. The summed E-state index contributed by atoms with van der Waals surface area (Å²) in [6, 6.07) is 6.84. The third kappa shape index (κ3) is 4.13. The summed E-state index contributed by atoms with van der Waals surface area (Å²) in [6.07, 6.45) is 0.812. The molecule has 1 fully saturated rings. The standard InChI is InChI=1S/C22H18F3N7O/c1-12-10-17(15-4-2-5-16(29-15)19-26-8-3-9-27-19)30-20-14(11-28-32(12)20)21(33)31-18(13-6-7-13)22(23,24)25/h2-5,8-11,13,18H,6-7H2,1H3,(H,31,33). The van der Waals surface area contributed by atoms with Crippen molar-refractivity contribution in [2.45, 2.75) is 32.0 Å². The molecule has 4 aromatic rings. The molecule has 0 saturated heterocycles. The van der Waals surface area contributed by atoms with Crippen molar-refractivity contribution in [2.24, 2.45) is 5.92 Å². The van der Waals surface area contributed by atoms with Gasteiger partial charge in [0.15, 0.2) is 11.5 Å². The molecule has 0 aliphatic heterocycles. The molecule has 0 aromatic carbocycles. The van der Waals surface area contributed by atoms with Crippen molar-refractivity contribution in [2.75, 3.05) is 0 Å². The normalized spacial score (nSPS) is 14.9. The predicted molar refractivity (Wildman–Crippen MR) is 112 cm³/mol. The monoisotopic (exact) mass is 453 g/mol. The molecule has 1 unspecified atom stereocenters. The van der Waals surface area contributed by atoms with Gasteiger partial charge in [0, 0.05) is 18.1 Å². The largest absolute Gasteiger partial charge is 0.408 e. The van der Waals surface area contributed by atoms with Crippen molar-refractivity contribution in [3.8, 4) is 22.9 Å². The molecule has 1 amide bonds. The van der Waals surface area contributed by atoms with Crippen LogP contribution in [0.25, 0.3) is 28.6 Å². The molecular weight excluding hydrogens is 435 g/mol. The van der Waals surface area contributed by atoms with Gasteiger partial charge < -0.3 is 5.32 Å². The lowest BCUT2D eigenvalue weighted by Crippen LogP contribution is -2.46. The van der Waals surface area contributed by atoms with Gasteiger partial charge in [-0.15, -0.1) is 0 Å². The molecule has 1 N–H and O–H groups in total. The quantitative estimate of drug-likeness (QED) is 0.496. The summed E-state index contributed by atoms with van der Waals surface area (Å²) in [6.45, 7) is 1.76. The van der Waals surface area contributed by atoms with Gasteiger partial charge in [-0.2, -0.15) is 18.3 Å². The number of fused-ring (bicyclic) bond motifs is 1. The highest BCUT2D eigenvalue weighted by atomic mass is 19.4. The van der Waals surface area contributed by atoms with Crippen LogP contribution in [0.3, 0.4) is 0 Å². The van der Waals surface area contributed by atoms with Gasteiger partial charge in [0.05, 0.1) is 17.6 Å². The lowest BCUT2D eigenvalue weighted by atomic mass is 10.1. The van der Waals surface area contributed by atoms with Crippen molar-refractivity contribution in [3.05, 3.63) is 60.2 Å². The summed E-state index contributed by atoms with van der Waals surface area (Å²) in [5, 5.41) is 6.27. The topological polar surface area (TPSA) is 98.0 Å². The van der Waals surface area contributed by atoms with E-state index in [2.05, 4.69) is 30.4 Å². The third-order valence-electron chi connectivity index (χ3n) is 5.43. The van der Waals surface area contributed by atoms with Crippen LogP contribution >= 0.6 is 0 Å². The molecule has 8 nitrogen and oxygen atoms in total. The lowest BCUT2D eigenvalue weighted by Gasteiger charge is -2.20. The fourth-order valence-corrected chi connectivity index (χ4v) is 3.65. The number of nitrogens with one attached hydrogen (secondary N) is 1. The maximum Gasteiger partial charge on any atom is 0.408 e. The van der Waals surface area contributed by atoms with Crippen molar-refractivity contribution in [1.29, 1.82) is 0 Å². The summed E-state index contributed by atoms with van der Waals surface area (Å²) >= 11 is 0. The SMILES string of the molecule is Cc1cc(-c2cccc(-c3ncccn3)n2)nc2c(C(=O)NC(C3CC3)C(F)(F)F)cnn12. The average Bonchev–Trinajstić information content (AvgIpc) is 3.54. The van der Waals surface area contributed by atoms with E-state index in [1.807, 2.05) is 0 Å². The van der Waals surface area contributed by atoms with Crippen LogP contribution in [-0.4, -0.2) is 47.7 Å². The van der Waals surface area contributed by atoms with Crippen LogP contribution in [0.2, 0.25) is 0 Å². The molecule has 168 valence electrons. The van der Waals surface area contributed by atoms with Gasteiger partial charge in [-0.1, -0.05) is 6.07 Å². The number of amides is 1. The molecule has 5 rings (SSSR count). The van der Waals surface area contributed by atoms with Gasteiger partial charge in [0.1, 0.15) is 17.3 Å². The Morgan fingerprint density at radius 3 is 2.52 bits per heavy atom. The Balaban J connectivity index is 1.52. The van der Waals surface area contributed by atoms with Crippen LogP contribution in [0.15, 0.2) is 48.9 Å². The first-order valence-electron chi connectivity index (χ1n) is 10.3. The van der Waals surface area contributed by atoms with Crippen LogP contribution in [0.5, 0.6) is 0 Å². The number of aryl methyl sites for hydroxylation is 1. The molecule has 4 aromatic heterocycles. The van der Waals surface area contributed by atoms with Crippen molar-refractivity contribution in [1.82, 2.24) is 34.9 Å². The minimum atomic E-state index is -4.52. The van der Waals surface area contributed by atoms with Crippen molar-refractivity contribution >= 4 is 11.6 Å².